The van der Waals surface area contributed by atoms with E-state index in [0.717, 1.165) is 30.3 Å². The van der Waals surface area contributed by atoms with Crippen LogP contribution < -0.4 is 18.9 Å². The van der Waals surface area contributed by atoms with Gasteiger partial charge in [0.2, 0.25) is 0 Å². The molecule has 214 valence electrons. The number of hydrogen-bond donors (Lipinski definition) is 0. The third-order valence-corrected chi connectivity index (χ3v) is 7.38. The first-order chi connectivity index (χ1) is 18.3. The first-order valence-electron chi connectivity index (χ1n) is 10.3. The Balaban J connectivity index is 1.87. The SMILES string of the molecule is O=S(=O)(Oc1ccc(C2(c3ccc(OS(=O)(=O)C(F)(F)F)cc3)N=c3ccc(F)c(F)c3=C2F)cc1)C(F)(F)F. The van der Waals surface area contributed by atoms with Crippen molar-refractivity contribution < 1.29 is 64.7 Å². The summed E-state index contributed by atoms with van der Waals surface area (Å²) in [4.78, 5) is 4.10. The average molecular weight is 619 g/mol. The predicted molar refractivity (Wildman–Crippen MR) is 117 cm³/mol. The zero-order valence-corrected chi connectivity index (χ0v) is 20.5. The van der Waals surface area contributed by atoms with Gasteiger partial charge in [-0.2, -0.15) is 43.2 Å². The maximum absolute atomic E-state index is 16.0. The van der Waals surface area contributed by atoms with Crippen molar-refractivity contribution in [2.24, 2.45) is 4.99 Å². The van der Waals surface area contributed by atoms with Gasteiger partial charge in [-0.25, -0.2) is 13.2 Å². The van der Waals surface area contributed by atoms with Crippen LogP contribution >= 0.6 is 0 Å². The molecule has 1 heterocycles. The van der Waals surface area contributed by atoms with Crippen molar-refractivity contribution in [3.05, 3.63) is 94.0 Å². The summed E-state index contributed by atoms with van der Waals surface area (Å²) in [5, 5.41) is -1.38. The standard InChI is InChI=1S/C22H10F9NO6S2/c23-15-9-10-16-17(18(15)24)19(25)20(32-16,11-1-5-13(6-2-11)37-39(33,34)21(26,27)28)12-3-7-14(8-4-12)38-40(35,36)22(29,30)31/h1-10H. The Hall–Kier alpha value is -3.80. The van der Waals surface area contributed by atoms with Gasteiger partial charge in [0.05, 0.1) is 10.6 Å². The van der Waals surface area contributed by atoms with Crippen LogP contribution in [0.2, 0.25) is 0 Å². The van der Waals surface area contributed by atoms with Gasteiger partial charge in [-0.1, -0.05) is 24.3 Å². The number of benzene rings is 3. The fraction of sp³-hybridized carbons (Fsp3) is 0.136. The zero-order chi connectivity index (χ0) is 29.9. The van der Waals surface area contributed by atoms with Crippen LogP contribution in [0.5, 0.6) is 11.5 Å². The van der Waals surface area contributed by atoms with Crippen LogP contribution in [0, 0.1) is 11.6 Å². The highest BCUT2D eigenvalue weighted by molar-refractivity contribution is 7.88. The summed E-state index contributed by atoms with van der Waals surface area (Å²) in [6.45, 7) is 0. The molecule has 3 aromatic rings. The van der Waals surface area contributed by atoms with E-state index in [1.54, 1.807) is 0 Å². The molecule has 0 radical (unpaired) electrons. The van der Waals surface area contributed by atoms with Crippen LogP contribution in [0.3, 0.4) is 0 Å². The lowest BCUT2D eigenvalue weighted by Crippen LogP contribution is -2.29. The highest BCUT2D eigenvalue weighted by Crippen LogP contribution is 2.44. The highest BCUT2D eigenvalue weighted by atomic mass is 32.2. The predicted octanol–water partition coefficient (Wildman–Crippen LogP) is 4.08. The second kappa shape index (κ2) is 9.39. The lowest BCUT2D eigenvalue weighted by Gasteiger charge is -2.27. The van der Waals surface area contributed by atoms with E-state index < -0.39 is 76.3 Å². The number of halogens is 9. The minimum Gasteiger partial charge on any atom is -0.376 e. The van der Waals surface area contributed by atoms with E-state index in [1.165, 1.54) is 0 Å². The van der Waals surface area contributed by atoms with Crippen molar-refractivity contribution in [1.82, 2.24) is 0 Å². The summed E-state index contributed by atoms with van der Waals surface area (Å²) in [6, 6.07) is 7.63. The summed E-state index contributed by atoms with van der Waals surface area (Å²) in [7, 11) is -12.2. The number of fused-ring (bicyclic) bond motifs is 1. The van der Waals surface area contributed by atoms with Gasteiger partial charge in [0.15, 0.2) is 17.2 Å². The van der Waals surface area contributed by atoms with Crippen molar-refractivity contribution in [1.29, 1.82) is 0 Å². The Morgan fingerprint density at radius 3 is 1.40 bits per heavy atom. The number of rotatable bonds is 6. The monoisotopic (exact) mass is 619 g/mol. The van der Waals surface area contributed by atoms with Gasteiger partial charge in [0, 0.05) is 0 Å². The normalized spacial score (nSPS) is 15.4. The first-order valence-corrected chi connectivity index (χ1v) is 13.1. The molecule has 0 atom stereocenters. The van der Waals surface area contributed by atoms with Crippen molar-refractivity contribution in [2.45, 2.75) is 16.6 Å². The minimum atomic E-state index is -6.08. The van der Waals surface area contributed by atoms with E-state index in [-0.39, 0.29) is 11.1 Å². The second-order valence-electron chi connectivity index (χ2n) is 7.91. The topological polar surface area (TPSA) is 99.1 Å². The average Bonchev–Trinajstić information content (AvgIpc) is 3.14. The molecule has 0 saturated carbocycles. The molecule has 0 aromatic heterocycles. The van der Waals surface area contributed by atoms with Gasteiger partial charge < -0.3 is 8.37 Å². The van der Waals surface area contributed by atoms with Crippen LogP contribution in [0.4, 0.5) is 39.5 Å². The summed E-state index contributed by atoms with van der Waals surface area (Å²) in [5.41, 5.74) is -14.6. The van der Waals surface area contributed by atoms with Gasteiger partial charge in [0.1, 0.15) is 17.3 Å². The molecule has 0 N–H and O–H groups in total. The molecular formula is C22H10F9NO6S2. The zero-order valence-electron chi connectivity index (χ0n) is 18.9. The van der Waals surface area contributed by atoms with Crippen molar-refractivity contribution >= 4 is 26.1 Å². The maximum Gasteiger partial charge on any atom is 0.534 e. The number of nitrogens with zero attached hydrogens (tertiary/aromatic N) is 1. The Morgan fingerprint density at radius 1 is 0.625 bits per heavy atom. The molecule has 40 heavy (non-hydrogen) atoms. The Bertz CT molecular complexity index is 1730. The smallest absolute Gasteiger partial charge is 0.376 e. The second-order valence-corrected chi connectivity index (χ2v) is 11.0. The van der Waals surface area contributed by atoms with E-state index in [2.05, 4.69) is 13.4 Å². The van der Waals surface area contributed by atoms with Crippen molar-refractivity contribution in [3.63, 3.8) is 0 Å². The maximum atomic E-state index is 16.0. The fourth-order valence-corrected chi connectivity index (χ4v) is 4.57. The van der Waals surface area contributed by atoms with Crippen LogP contribution in [0.1, 0.15) is 11.1 Å². The first kappa shape index (κ1) is 29.2. The molecule has 3 aromatic carbocycles. The molecule has 18 heteroatoms. The molecule has 4 rings (SSSR count). The van der Waals surface area contributed by atoms with Crippen LogP contribution in [-0.4, -0.2) is 27.9 Å². The summed E-state index contributed by atoms with van der Waals surface area (Å²) >= 11 is 0. The molecule has 0 aliphatic carbocycles. The fourth-order valence-electron chi connectivity index (χ4n) is 3.65. The molecule has 0 fully saturated rings. The van der Waals surface area contributed by atoms with Crippen molar-refractivity contribution in [2.75, 3.05) is 0 Å². The van der Waals surface area contributed by atoms with Gasteiger partial charge >= 0.3 is 31.3 Å². The van der Waals surface area contributed by atoms with Gasteiger partial charge in [-0.15, -0.1) is 0 Å². The minimum absolute atomic E-state index is 0.311. The molecule has 1 aliphatic rings. The van der Waals surface area contributed by atoms with E-state index >= 15 is 4.39 Å². The number of hydrogen-bond acceptors (Lipinski definition) is 7. The van der Waals surface area contributed by atoms with Crippen LogP contribution in [0.25, 0.3) is 5.83 Å². The lowest BCUT2D eigenvalue weighted by molar-refractivity contribution is -0.0504. The van der Waals surface area contributed by atoms with Gasteiger partial charge in [0.25, 0.3) is 0 Å². The van der Waals surface area contributed by atoms with E-state index in [1.807, 2.05) is 0 Å². The summed E-state index contributed by atoms with van der Waals surface area (Å²) < 4.78 is 173. The molecule has 0 saturated heterocycles. The van der Waals surface area contributed by atoms with E-state index in [0.29, 0.717) is 30.3 Å². The van der Waals surface area contributed by atoms with Crippen molar-refractivity contribution in [3.8, 4) is 11.5 Å². The lowest BCUT2D eigenvalue weighted by atomic mass is 9.82. The van der Waals surface area contributed by atoms with Crippen LogP contribution in [-0.2, 0) is 25.8 Å². The highest BCUT2D eigenvalue weighted by Gasteiger charge is 2.50. The van der Waals surface area contributed by atoms with Crippen LogP contribution in [0.15, 0.2) is 65.7 Å². The van der Waals surface area contributed by atoms with Gasteiger partial charge in [-0.3, -0.25) is 4.99 Å². The quantitative estimate of drug-likeness (QED) is 0.235. The summed E-state index contributed by atoms with van der Waals surface area (Å²) in [6.07, 6.45) is 0. The van der Waals surface area contributed by atoms with Gasteiger partial charge in [-0.05, 0) is 47.5 Å². The Labute approximate surface area is 218 Å². The molecule has 0 amide bonds. The van der Waals surface area contributed by atoms with E-state index in [9.17, 15) is 52.0 Å². The molecular weight excluding hydrogens is 609 g/mol. The Morgan fingerprint density at radius 2 is 1.02 bits per heavy atom. The van der Waals surface area contributed by atoms with E-state index in [4.69, 9.17) is 0 Å². The summed E-state index contributed by atoms with van der Waals surface area (Å²) in [5.74, 6) is -6.33. The number of alkyl halides is 6. The molecule has 0 spiro atoms. The Kier molecular flexibility index (Phi) is 6.86. The molecule has 0 unspecified atom stereocenters. The molecule has 1 aliphatic heterocycles. The largest absolute Gasteiger partial charge is 0.534 e. The third-order valence-electron chi connectivity index (χ3n) is 5.42. The molecule has 0 bridgehead atoms. The third kappa shape index (κ3) is 4.85. The molecule has 7 nitrogen and oxygen atoms in total.